The predicted molar refractivity (Wildman–Crippen MR) is 128 cm³/mol. The molecule has 5 heterocycles. The van der Waals surface area contributed by atoms with Gasteiger partial charge in [-0.05, 0) is 69.7 Å². The number of likely N-dealkylation sites (tertiary alicyclic amines) is 2. The van der Waals surface area contributed by atoms with Crippen molar-refractivity contribution in [2.75, 3.05) is 26.2 Å². The molecule has 1 atom stereocenters. The monoisotopic (exact) mass is 446 g/mol. The first-order valence-corrected chi connectivity index (χ1v) is 12.3. The van der Waals surface area contributed by atoms with Gasteiger partial charge in [0.15, 0.2) is 5.65 Å². The zero-order valence-electron chi connectivity index (χ0n) is 19.8. The van der Waals surface area contributed by atoms with Crippen molar-refractivity contribution in [3.05, 3.63) is 58.8 Å². The van der Waals surface area contributed by atoms with Crippen molar-refractivity contribution in [1.29, 1.82) is 0 Å². The highest BCUT2D eigenvalue weighted by atomic mass is 16.2. The Labute approximate surface area is 195 Å². The topological polar surface area (TPSA) is 66.6 Å². The number of nitrogens with zero attached hydrogens (tertiary/aromatic N) is 6. The number of amides is 1. The summed E-state index contributed by atoms with van der Waals surface area (Å²) in [4.78, 5) is 26.3. The van der Waals surface area contributed by atoms with Crippen LogP contribution in [0.5, 0.6) is 0 Å². The van der Waals surface area contributed by atoms with Crippen LogP contribution in [0.3, 0.4) is 0 Å². The maximum atomic E-state index is 12.7. The quantitative estimate of drug-likeness (QED) is 0.578. The van der Waals surface area contributed by atoms with Crippen LogP contribution >= 0.6 is 0 Å². The van der Waals surface area contributed by atoms with Gasteiger partial charge in [0.25, 0.3) is 0 Å². The molecule has 0 aliphatic carbocycles. The Hall–Kier alpha value is -2.80. The molecule has 2 saturated heterocycles. The number of pyridine rings is 1. The first-order chi connectivity index (χ1) is 16.1. The van der Waals surface area contributed by atoms with E-state index in [1.807, 2.05) is 27.9 Å². The van der Waals surface area contributed by atoms with Crippen LogP contribution in [0.25, 0.3) is 5.65 Å². The summed E-state index contributed by atoms with van der Waals surface area (Å²) in [7, 11) is 0. The fourth-order valence-electron chi connectivity index (χ4n) is 5.41. The van der Waals surface area contributed by atoms with Crippen LogP contribution in [-0.2, 0) is 17.8 Å². The standard InChI is InChI=1S/C26H34N6O/c1-19-23(8-9-26(33)31-12-4-3-5-13-31)20(2)32-25(28-19)15-24(29-32)22-10-14-30(18-22)17-21-7-6-11-27-16-21/h6-7,11,15-16,22H,3-5,8-10,12-14,17-18H2,1-2H3/t22-/m1/s1. The van der Waals surface area contributed by atoms with Crippen LogP contribution in [0, 0.1) is 13.8 Å². The van der Waals surface area contributed by atoms with E-state index in [0.717, 1.165) is 86.7 Å². The predicted octanol–water partition coefficient (Wildman–Crippen LogP) is 3.68. The third kappa shape index (κ3) is 4.78. The van der Waals surface area contributed by atoms with E-state index in [1.165, 1.54) is 12.0 Å². The van der Waals surface area contributed by atoms with Crippen molar-refractivity contribution < 1.29 is 4.79 Å². The second kappa shape index (κ2) is 9.59. The molecule has 2 fully saturated rings. The SMILES string of the molecule is Cc1nc2cc([C@@H]3CCN(Cc4cccnc4)C3)nn2c(C)c1CCC(=O)N1CCCCC1. The molecule has 174 valence electrons. The number of hydrogen-bond donors (Lipinski definition) is 0. The van der Waals surface area contributed by atoms with E-state index in [-0.39, 0.29) is 5.91 Å². The van der Waals surface area contributed by atoms with Gasteiger partial charge in [0.2, 0.25) is 5.91 Å². The van der Waals surface area contributed by atoms with Gasteiger partial charge in [-0.1, -0.05) is 6.07 Å². The van der Waals surface area contributed by atoms with Crippen LogP contribution in [0.15, 0.2) is 30.6 Å². The lowest BCUT2D eigenvalue weighted by Gasteiger charge is -2.26. The number of piperidine rings is 1. The number of carbonyl (C=O) groups is 1. The Balaban J connectivity index is 1.28. The molecule has 7 heteroatoms. The van der Waals surface area contributed by atoms with E-state index >= 15 is 0 Å². The highest BCUT2D eigenvalue weighted by molar-refractivity contribution is 5.76. The first kappa shape index (κ1) is 22.0. The summed E-state index contributed by atoms with van der Waals surface area (Å²) in [5.41, 5.74) is 6.58. The number of hydrogen-bond acceptors (Lipinski definition) is 5. The third-order valence-electron chi connectivity index (χ3n) is 7.30. The molecule has 5 rings (SSSR count). The van der Waals surface area contributed by atoms with E-state index in [2.05, 4.69) is 35.9 Å². The van der Waals surface area contributed by atoms with Gasteiger partial charge in [0.05, 0.1) is 5.69 Å². The molecule has 3 aromatic rings. The maximum absolute atomic E-state index is 12.7. The van der Waals surface area contributed by atoms with Crippen molar-refractivity contribution in [2.24, 2.45) is 0 Å². The summed E-state index contributed by atoms with van der Waals surface area (Å²) in [5, 5.41) is 4.97. The fourth-order valence-corrected chi connectivity index (χ4v) is 5.41. The average Bonchev–Trinajstić information content (AvgIpc) is 3.47. The number of rotatable bonds is 6. The minimum atomic E-state index is 0.273. The molecule has 2 aliphatic rings. The molecule has 0 aromatic carbocycles. The van der Waals surface area contributed by atoms with E-state index < -0.39 is 0 Å². The second-order valence-corrected chi connectivity index (χ2v) is 9.62. The molecular formula is C26H34N6O. The van der Waals surface area contributed by atoms with Crippen molar-refractivity contribution in [3.8, 4) is 0 Å². The van der Waals surface area contributed by atoms with Gasteiger partial charge in [-0.15, -0.1) is 0 Å². The molecule has 0 radical (unpaired) electrons. The summed E-state index contributed by atoms with van der Waals surface area (Å²) >= 11 is 0. The van der Waals surface area contributed by atoms with Crippen molar-refractivity contribution >= 4 is 11.6 Å². The normalized spacial score (nSPS) is 19.5. The molecule has 0 saturated carbocycles. The van der Waals surface area contributed by atoms with Crippen LogP contribution in [0.2, 0.25) is 0 Å². The summed E-state index contributed by atoms with van der Waals surface area (Å²) in [6, 6.07) is 6.29. The highest BCUT2D eigenvalue weighted by Crippen LogP contribution is 2.29. The minimum absolute atomic E-state index is 0.273. The molecule has 2 aliphatic heterocycles. The number of carbonyl (C=O) groups excluding carboxylic acids is 1. The smallest absolute Gasteiger partial charge is 0.222 e. The van der Waals surface area contributed by atoms with Crippen LogP contribution < -0.4 is 0 Å². The number of aryl methyl sites for hydroxylation is 2. The third-order valence-corrected chi connectivity index (χ3v) is 7.30. The Kier molecular flexibility index (Phi) is 6.40. The number of fused-ring (bicyclic) bond motifs is 1. The molecular weight excluding hydrogens is 412 g/mol. The summed E-state index contributed by atoms with van der Waals surface area (Å²) in [6.45, 7) is 9.01. The van der Waals surface area contributed by atoms with E-state index in [0.29, 0.717) is 12.3 Å². The van der Waals surface area contributed by atoms with Gasteiger partial charge in [-0.2, -0.15) is 5.10 Å². The Morgan fingerprint density at radius 1 is 1.15 bits per heavy atom. The summed E-state index contributed by atoms with van der Waals surface area (Å²) in [5.74, 6) is 0.696. The zero-order valence-corrected chi connectivity index (χ0v) is 19.8. The minimum Gasteiger partial charge on any atom is -0.343 e. The van der Waals surface area contributed by atoms with Crippen molar-refractivity contribution in [2.45, 2.75) is 64.8 Å². The largest absolute Gasteiger partial charge is 0.343 e. The average molecular weight is 447 g/mol. The highest BCUT2D eigenvalue weighted by Gasteiger charge is 2.27. The number of aromatic nitrogens is 4. The van der Waals surface area contributed by atoms with Gasteiger partial charge < -0.3 is 4.90 Å². The molecule has 7 nitrogen and oxygen atoms in total. The van der Waals surface area contributed by atoms with Crippen LogP contribution in [0.1, 0.15) is 66.2 Å². The van der Waals surface area contributed by atoms with Gasteiger partial charge in [-0.3, -0.25) is 14.7 Å². The Morgan fingerprint density at radius 2 is 2.00 bits per heavy atom. The van der Waals surface area contributed by atoms with E-state index in [1.54, 1.807) is 0 Å². The van der Waals surface area contributed by atoms with Gasteiger partial charge in [0, 0.05) is 68.4 Å². The van der Waals surface area contributed by atoms with E-state index in [9.17, 15) is 4.79 Å². The first-order valence-electron chi connectivity index (χ1n) is 12.3. The lowest BCUT2D eigenvalue weighted by Crippen LogP contribution is -2.35. The summed E-state index contributed by atoms with van der Waals surface area (Å²) in [6.07, 6.45) is 9.67. The van der Waals surface area contributed by atoms with Crippen LogP contribution in [0.4, 0.5) is 0 Å². The molecule has 0 spiro atoms. The summed E-state index contributed by atoms with van der Waals surface area (Å²) < 4.78 is 1.99. The molecule has 33 heavy (non-hydrogen) atoms. The molecule has 1 amide bonds. The molecule has 0 N–H and O–H groups in total. The van der Waals surface area contributed by atoms with Gasteiger partial charge in [0.1, 0.15) is 0 Å². The van der Waals surface area contributed by atoms with Gasteiger partial charge in [-0.25, -0.2) is 9.50 Å². The fraction of sp³-hybridized carbons (Fsp3) is 0.538. The zero-order chi connectivity index (χ0) is 22.8. The van der Waals surface area contributed by atoms with Crippen molar-refractivity contribution in [1.82, 2.24) is 29.4 Å². The Morgan fingerprint density at radius 3 is 2.79 bits per heavy atom. The lowest BCUT2D eigenvalue weighted by molar-refractivity contribution is -0.132. The van der Waals surface area contributed by atoms with Crippen molar-refractivity contribution in [3.63, 3.8) is 0 Å². The lowest BCUT2D eigenvalue weighted by atomic mass is 10.0. The molecule has 3 aromatic heterocycles. The van der Waals surface area contributed by atoms with Gasteiger partial charge >= 0.3 is 0 Å². The molecule has 0 bridgehead atoms. The van der Waals surface area contributed by atoms with Crippen LogP contribution in [-0.4, -0.2) is 61.5 Å². The second-order valence-electron chi connectivity index (χ2n) is 9.62. The Bertz CT molecular complexity index is 1120. The molecule has 0 unspecified atom stereocenters. The van der Waals surface area contributed by atoms with E-state index in [4.69, 9.17) is 10.1 Å². The maximum Gasteiger partial charge on any atom is 0.222 e.